The minimum Gasteiger partial charge on any atom is -0.497 e. The van der Waals surface area contributed by atoms with Gasteiger partial charge in [-0.3, -0.25) is 4.99 Å². The van der Waals surface area contributed by atoms with Gasteiger partial charge in [-0.25, -0.2) is 9.07 Å². The monoisotopic (exact) mass is 371 g/mol. The fourth-order valence-electron chi connectivity index (χ4n) is 2.84. The Morgan fingerprint density at radius 1 is 0.929 bits per heavy atom. The molecule has 138 valence electrons. The largest absolute Gasteiger partial charge is 0.497 e. The van der Waals surface area contributed by atoms with E-state index in [2.05, 4.69) is 4.99 Å². The standard InChI is InChI=1S/C23H18FN3O/c1-28-22-13-11-20(12-14-22)25-15-18-16-27(21-5-3-2-4-6-21)26-23(18)17-7-9-19(24)10-8-17/h2-16H,1H3/b25-15+. The van der Waals surface area contributed by atoms with Crippen LogP contribution in [0.4, 0.5) is 10.1 Å². The minimum absolute atomic E-state index is 0.278. The highest BCUT2D eigenvalue weighted by Crippen LogP contribution is 2.24. The van der Waals surface area contributed by atoms with Crippen LogP contribution in [0.15, 0.2) is 90.1 Å². The molecule has 1 aromatic heterocycles. The zero-order valence-electron chi connectivity index (χ0n) is 15.3. The van der Waals surface area contributed by atoms with Crippen LogP contribution in [0.5, 0.6) is 5.75 Å². The molecule has 4 nitrogen and oxygen atoms in total. The van der Waals surface area contributed by atoms with Gasteiger partial charge in [0, 0.05) is 23.5 Å². The van der Waals surface area contributed by atoms with Gasteiger partial charge in [-0.2, -0.15) is 5.10 Å². The summed E-state index contributed by atoms with van der Waals surface area (Å²) in [5.74, 6) is 0.502. The molecule has 0 radical (unpaired) electrons. The van der Waals surface area contributed by atoms with Gasteiger partial charge in [-0.1, -0.05) is 18.2 Å². The smallest absolute Gasteiger partial charge is 0.123 e. The lowest BCUT2D eigenvalue weighted by Crippen LogP contribution is -1.94. The van der Waals surface area contributed by atoms with Crippen LogP contribution in [-0.4, -0.2) is 23.1 Å². The van der Waals surface area contributed by atoms with E-state index < -0.39 is 0 Å². The quantitative estimate of drug-likeness (QED) is 0.438. The molecule has 0 atom stereocenters. The number of methoxy groups -OCH3 is 1. The molecule has 0 spiro atoms. The first-order chi connectivity index (χ1) is 13.7. The normalized spacial score (nSPS) is 11.1. The van der Waals surface area contributed by atoms with Crippen LogP contribution in [0.3, 0.4) is 0 Å². The lowest BCUT2D eigenvalue weighted by Gasteiger charge is -2.00. The van der Waals surface area contributed by atoms with E-state index >= 15 is 0 Å². The topological polar surface area (TPSA) is 39.4 Å². The number of aliphatic imine (C=N–C) groups is 1. The van der Waals surface area contributed by atoms with Crippen molar-refractivity contribution in [3.63, 3.8) is 0 Å². The molecule has 0 saturated heterocycles. The van der Waals surface area contributed by atoms with Crippen molar-refractivity contribution >= 4 is 11.9 Å². The third-order valence-corrected chi connectivity index (χ3v) is 4.31. The maximum atomic E-state index is 13.3. The van der Waals surface area contributed by atoms with Crippen LogP contribution in [0.1, 0.15) is 5.56 Å². The van der Waals surface area contributed by atoms with Gasteiger partial charge in [0.05, 0.1) is 18.5 Å². The van der Waals surface area contributed by atoms with Crippen molar-refractivity contribution in [2.75, 3.05) is 7.11 Å². The summed E-state index contributed by atoms with van der Waals surface area (Å²) < 4.78 is 20.3. The number of hydrogen-bond donors (Lipinski definition) is 0. The number of nitrogens with zero attached hydrogens (tertiary/aromatic N) is 3. The fourth-order valence-corrected chi connectivity index (χ4v) is 2.84. The molecule has 5 heteroatoms. The van der Waals surface area contributed by atoms with Crippen molar-refractivity contribution in [2.45, 2.75) is 0 Å². The molecule has 4 aromatic rings. The predicted molar refractivity (Wildman–Crippen MR) is 109 cm³/mol. The molecular weight excluding hydrogens is 353 g/mol. The second kappa shape index (κ2) is 7.88. The maximum absolute atomic E-state index is 13.3. The van der Waals surface area contributed by atoms with E-state index in [-0.39, 0.29) is 5.82 Å². The maximum Gasteiger partial charge on any atom is 0.123 e. The fraction of sp³-hybridized carbons (Fsp3) is 0.0435. The van der Waals surface area contributed by atoms with Gasteiger partial charge in [0.15, 0.2) is 0 Å². The van der Waals surface area contributed by atoms with Gasteiger partial charge in [-0.05, 0) is 60.7 Å². The summed E-state index contributed by atoms with van der Waals surface area (Å²) in [6.45, 7) is 0. The predicted octanol–water partition coefficient (Wildman–Crippen LogP) is 5.44. The Bertz CT molecular complexity index is 1090. The summed E-state index contributed by atoms with van der Waals surface area (Å²) in [5, 5.41) is 4.70. The number of para-hydroxylation sites is 1. The van der Waals surface area contributed by atoms with Gasteiger partial charge in [0.25, 0.3) is 0 Å². The third-order valence-electron chi connectivity index (χ3n) is 4.31. The van der Waals surface area contributed by atoms with Crippen molar-refractivity contribution in [1.29, 1.82) is 0 Å². The van der Waals surface area contributed by atoms with Crippen molar-refractivity contribution in [3.05, 3.63) is 96.4 Å². The van der Waals surface area contributed by atoms with E-state index in [1.807, 2.05) is 60.8 Å². The van der Waals surface area contributed by atoms with Crippen LogP contribution >= 0.6 is 0 Å². The Labute approximate surface area is 162 Å². The SMILES string of the molecule is COc1ccc(/N=C/c2cn(-c3ccccc3)nc2-c2ccc(F)cc2)cc1. The van der Waals surface area contributed by atoms with Gasteiger partial charge >= 0.3 is 0 Å². The molecule has 1 heterocycles. The third kappa shape index (κ3) is 3.83. The van der Waals surface area contributed by atoms with E-state index in [0.717, 1.165) is 33.9 Å². The zero-order chi connectivity index (χ0) is 19.3. The summed E-state index contributed by atoms with van der Waals surface area (Å²) in [4.78, 5) is 4.55. The highest BCUT2D eigenvalue weighted by Gasteiger charge is 2.11. The van der Waals surface area contributed by atoms with Crippen LogP contribution < -0.4 is 4.74 Å². The average Bonchev–Trinajstić information content (AvgIpc) is 3.18. The molecule has 28 heavy (non-hydrogen) atoms. The molecule has 0 aliphatic carbocycles. The van der Waals surface area contributed by atoms with Gasteiger partial charge < -0.3 is 4.74 Å². The van der Waals surface area contributed by atoms with Crippen LogP contribution in [0.25, 0.3) is 16.9 Å². The summed E-state index contributed by atoms with van der Waals surface area (Å²) in [6.07, 6.45) is 3.69. The number of benzene rings is 3. The van der Waals surface area contributed by atoms with Gasteiger partial charge in [-0.15, -0.1) is 0 Å². The summed E-state index contributed by atoms with van der Waals surface area (Å²) in [5.41, 5.74) is 4.15. The summed E-state index contributed by atoms with van der Waals surface area (Å²) in [6, 6.07) is 23.6. The molecule has 4 rings (SSSR count). The van der Waals surface area contributed by atoms with Crippen molar-refractivity contribution < 1.29 is 9.13 Å². The Morgan fingerprint density at radius 2 is 1.64 bits per heavy atom. The minimum atomic E-state index is -0.278. The Kier molecular flexibility index (Phi) is 4.97. The van der Waals surface area contributed by atoms with Gasteiger partial charge in [0.1, 0.15) is 17.3 Å². The van der Waals surface area contributed by atoms with Gasteiger partial charge in [0.2, 0.25) is 0 Å². The molecule has 0 bridgehead atoms. The first-order valence-electron chi connectivity index (χ1n) is 8.82. The molecule has 0 aliphatic heterocycles. The molecule has 0 saturated carbocycles. The van der Waals surface area contributed by atoms with E-state index in [9.17, 15) is 4.39 Å². The van der Waals surface area contributed by atoms with E-state index in [0.29, 0.717) is 0 Å². The average molecular weight is 371 g/mol. The molecule has 3 aromatic carbocycles. The number of rotatable bonds is 5. The summed E-state index contributed by atoms with van der Waals surface area (Å²) >= 11 is 0. The van der Waals surface area contributed by atoms with Crippen LogP contribution in [0.2, 0.25) is 0 Å². The molecule has 0 fully saturated rings. The first kappa shape index (κ1) is 17.7. The highest BCUT2D eigenvalue weighted by molar-refractivity contribution is 5.90. The number of halogens is 1. The van der Waals surface area contributed by atoms with E-state index in [4.69, 9.17) is 9.84 Å². The molecule has 0 amide bonds. The number of aromatic nitrogens is 2. The van der Waals surface area contributed by atoms with Crippen LogP contribution in [0, 0.1) is 5.82 Å². The highest BCUT2D eigenvalue weighted by atomic mass is 19.1. The lowest BCUT2D eigenvalue weighted by atomic mass is 10.1. The van der Waals surface area contributed by atoms with Crippen LogP contribution in [-0.2, 0) is 0 Å². The second-order valence-electron chi connectivity index (χ2n) is 6.18. The number of ether oxygens (including phenoxy) is 1. The molecule has 0 N–H and O–H groups in total. The Morgan fingerprint density at radius 3 is 2.32 bits per heavy atom. The van der Waals surface area contributed by atoms with E-state index in [1.165, 1.54) is 12.1 Å². The van der Waals surface area contributed by atoms with Crippen molar-refractivity contribution in [1.82, 2.24) is 9.78 Å². The first-order valence-corrected chi connectivity index (χ1v) is 8.82. The lowest BCUT2D eigenvalue weighted by molar-refractivity contribution is 0.415. The Hall–Kier alpha value is -3.73. The molecule has 0 aliphatic rings. The Balaban J connectivity index is 1.74. The molecular formula is C23H18FN3O. The van der Waals surface area contributed by atoms with Crippen molar-refractivity contribution in [3.8, 4) is 22.7 Å². The number of hydrogen-bond acceptors (Lipinski definition) is 3. The molecule has 0 unspecified atom stereocenters. The zero-order valence-corrected chi connectivity index (χ0v) is 15.3. The van der Waals surface area contributed by atoms with E-state index in [1.54, 1.807) is 30.1 Å². The summed E-state index contributed by atoms with van der Waals surface area (Å²) in [7, 11) is 1.63. The van der Waals surface area contributed by atoms with Crippen molar-refractivity contribution in [2.24, 2.45) is 4.99 Å². The second-order valence-corrected chi connectivity index (χ2v) is 6.18.